The number of nitrogens with one attached hydrogen (secondary N) is 2. The minimum atomic E-state index is -0.287. The molecule has 2 N–H and O–H groups in total. The molecule has 0 saturated heterocycles. The van der Waals surface area contributed by atoms with Crippen molar-refractivity contribution >= 4 is 11.7 Å². The molecule has 0 radical (unpaired) electrons. The number of anilines is 1. The Hall–Kier alpha value is -3.35. The molecule has 1 aliphatic heterocycles. The molecule has 138 valence electrons. The van der Waals surface area contributed by atoms with Gasteiger partial charge in [0.25, 0.3) is 0 Å². The SMILES string of the molecule is COc1ccc(C2CC(=O)Nc3[nH]ncc32)cc1OCc1ccc(F)cc1. The van der Waals surface area contributed by atoms with Crippen molar-refractivity contribution in [3.05, 3.63) is 71.2 Å². The van der Waals surface area contributed by atoms with Gasteiger partial charge in [-0.1, -0.05) is 18.2 Å². The van der Waals surface area contributed by atoms with Gasteiger partial charge in [0.15, 0.2) is 11.5 Å². The molecule has 2 aromatic carbocycles. The average Bonchev–Trinajstić information content (AvgIpc) is 3.15. The zero-order chi connectivity index (χ0) is 18.8. The number of carbonyl (C=O) groups excluding carboxylic acids is 1. The molecule has 3 aromatic rings. The highest BCUT2D eigenvalue weighted by Gasteiger charge is 2.28. The molecule has 1 amide bonds. The molecule has 1 aliphatic rings. The molecule has 27 heavy (non-hydrogen) atoms. The van der Waals surface area contributed by atoms with E-state index in [0.717, 1.165) is 16.7 Å². The summed E-state index contributed by atoms with van der Waals surface area (Å²) in [4.78, 5) is 12.0. The quantitative estimate of drug-likeness (QED) is 0.722. The zero-order valence-electron chi connectivity index (χ0n) is 14.7. The van der Waals surface area contributed by atoms with Crippen LogP contribution in [0.2, 0.25) is 0 Å². The molecule has 1 unspecified atom stereocenters. The zero-order valence-corrected chi connectivity index (χ0v) is 14.7. The van der Waals surface area contributed by atoms with Gasteiger partial charge in [0.05, 0.1) is 13.3 Å². The molecule has 4 rings (SSSR count). The number of ether oxygens (including phenoxy) is 2. The number of amides is 1. The number of nitrogens with zero attached hydrogens (tertiary/aromatic N) is 1. The number of rotatable bonds is 5. The topological polar surface area (TPSA) is 76.2 Å². The highest BCUT2D eigenvalue weighted by Crippen LogP contribution is 2.39. The highest BCUT2D eigenvalue weighted by molar-refractivity contribution is 5.94. The van der Waals surface area contributed by atoms with E-state index in [9.17, 15) is 9.18 Å². The van der Waals surface area contributed by atoms with Gasteiger partial charge in [-0.05, 0) is 35.4 Å². The summed E-state index contributed by atoms with van der Waals surface area (Å²) >= 11 is 0. The van der Waals surface area contributed by atoms with Crippen LogP contribution in [0.3, 0.4) is 0 Å². The molecule has 0 spiro atoms. The molecule has 7 heteroatoms. The third kappa shape index (κ3) is 3.48. The second-order valence-electron chi connectivity index (χ2n) is 6.33. The predicted molar refractivity (Wildman–Crippen MR) is 97.4 cm³/mol. The second kappa shape index (κ2) is 7.11. The molecule has 0 aliphatic carbocycles. The lowest BCUT2D eigenvalue weighted by Crippen LogP contribution is -2.23. The number of carbonyl (C=O) groups is 1. The number of fused-ring (bicyclic) bond motifs is 1. The summed E-state index contributed by atoms with van der Waals surface area (Å²) in [5.74, 6) is 1.31. The first-order valence-corrected chi connectivity index (χ1v) is 8.52. The lowest BCUT2D eigenvalue weighted by molar-refractivity contribution is -0.116. The normalized spacial score (nSPS) is 15.8. The fraction of sp³-hybridized carbons (Fsp3) is 0.200. The van der Waals surface area contributed by atoms with Crippen molar-refractivity contribution in [3.8, 4) is 11.5 Å². The smallest absolute Gasteiger partial charge is 0.226 e. The van der Waals surface area contributed by atoms with E-state index in [1.54, 1.807) is 25.4 Å². The van der Waals surface area contributed by atoms with Crippen LogP contribution >= 0.6 is 0 Å². The van der Waals surface area contributed by atoms with E-state index in [-0.39, 0.29) is 24.2 Å². The van der Waals surface area contributed by atoms with Crippen LogP contribution in [0.5, 0.6) is 11.5 Å². The van der Waals surface area contributed by atoms with Crippen LogP contribution in [0.4, 0.5) is 10.2 Å². The Morgan fingerprint density at radius 3 is 2.78 bits per heavy atom. The fourth-order valence-corrected chi connectivity index (χ4v) is 3.21. The summed E-state index contributed by atoms with van der Waals surface area (Å²) in [7, 11) is 1.57. The van der Waals surface area contributed by atoms with Gasteiger partial charge in [-0.3, -0.25) is 9.89 Å². The van der Waals surface area contributed by atoms with Gasteiger partial charge in [-0.25, -0.2) is 4.39 Å². The molecule has 6 nitrogen and oxygen atoms in total. The van der Waals surface area contributed by atoms with Gasteiger partial charge in [-0.2, -0.15) is 5.10 Å². The Bertz CT molecular complexity index is 969. The van der Waals surface area contributed by atoms with E-state index >= 15 is 0 Å². The van der Waals surface area contributed by atoms with Crippen molar-refractivity contribution in [1.29, 1.82) is 0 Å². The Morgan fingerprint density at radius 1 is 1.19 bits per heavy atom. The Balaban J connectivity index is 1.61. The van der Waals surface area contributed by atoms with E-state index in [1.807, 2.05) is 18.2 Å². The Morgan fingerprint density at radius 2 is 2.00 bits per heavy atom. The molecule has 2 heterocycles. The third-order valence-electron chi connectivity index (χ3n) is 4.60. The largest absolute Gasteiger partial charge is 0.493 e. The van der Waals surface area contributed by atoms with Crippen LogP contribution in [0.15, 0.2) is 48.7 Å². The standard InChI is InChI=1S/C20H18FN3O3/c1-26-17-7-4-13(15-9-19(25)23-20-16(15)10-22-24-20)8-18(17)27-11-12-2-5-14(21)6-3-12/h2-8,10,15H,9,11H2,1H3,(H2,22,23,24,25). The first kappa shape index (κ1) is 17.1. The fourth-order valence-electron chi connectivity index (χ4n) is 3.21. The van der Waals surface area contributed by atoms with E-state index < -0.39 is 0 Å². The van der Waals surface area contributed by atoms with Crippen LogP contribution < -0.4 is 14.8 Å². The number of aromatic amines is 1. The average molecular weight is 367 g/mol. The van der Waals surface area contributed by atoms with E-state index in [4.69, 9.17) is 9.47 Å². The van der Waals surface area contributed by atoms with Crippen molar-refractivity contribution in [3.63, 3.8) is 0 Å². The van der Waals surface area contributed by atoms with E-state index in [0.29, 0.717) is 23.7 Å². The maximum atomic E-state index is 13.1. The maximum Gasteiger partial charge on any atom is 0.226 e. The molecule has 0 saturated carbocycles. The predicted octanol–water partition coefficient (Wildman–Crippen LogP) is 3.61. The van der Waals surface area contributed by atoms with E-state index in [1.165, 1.54) is 12.1 Å². The van der Waals surface area contributed by atoms with Gasteiger partial charge in [0.2, 0.25) is 5.91 Å². The van der Waals surface area contributed by atoms with Crippen LogP contribution in [0, 0.1) is 5.82 Å². The third-order valence-corrected chi connectivity index (χ3v) is 4.60. The number of hydrogen-bond acceptors (Lipinski definition) is 4. The van der Waals surface area contributed by atoms with Crippen molar-refractivity contribution in [1.82, 2.24) is 10.2 Å². The summed E-state index contributed by atoms with van der Waals surface area (Å²) in [5.41, 5.74) is 2.71. The summed E-state index contributed by atoms with van der Waals surface area (Å²) in [6, 6.07) is 11.8. The van der Waals surface area contributed by atoms with Gasteiger partial charge in [0, 0.05) is 17.9 Å². The minimum absolute atomic E-state index is 0.0682. The van der Waals surface area contributed by atoms with Gasteiger partial charge < -0.3 is 14.8 Å². The molecule has 0 fully saturated rings. The summed E-state index contributed by atoms with van der Waals surface area (Å²) < 4.78 is 24.4. The number of benzene rings is 2. The van der Waals surface area contributed by atoms with Crippen molar-refractivity contribution in [2.75, 3.05) is 12.4 Å². The Kier molecular flexibility index (Phi) is 4.50. The van der Waals surface area contributed by atoms with Crippen molar-refractivity contribution in [2.24, 2.45) is 0 Å². The van der Waals surface area contributed by atoms with Crippen molar-refractivity contribution < 1.29 is 18.7 Å². The molecule has 0 bridgehead atoms. The summed E-state index contributed by atoms with van der Waals surface area (Å²) in [6.07, 6.45) is 2.05. The molecular formula is C20H18FN3O3. The van der Waals surface area contributed by atoms with Crippen LogP contribution in [0.1, 0.15) is 29.0 Å². The van der Waals surface area contributed by atoms with Gasteiger partial charge in [-0.15, -0.1) is 0 Å². The van der Waals surface area contributed by atoms with Crippen LogP contribution in [0.25, 0.3) is 0 Å². The van der Waals surface area contributed by atoms with Gasteiger partial charge in [0.1, 0.15) is 18.2 Å². The van der Waals surface area contributed by atoms with Gasteiger partial charge >= 0.3 is 0 Å². The van der Waals surface area contributed by atoms with Crippen molar-refractivity contribution in [2.45, 2.75) is 18.9 Å². The lowest BCUT2D eigenvalue weighted by atomic mass is 9.87. The number of methoxy groups -OCH3 is 1. The van der Waals surface area contributed by atoms with Crippen LogP contribution in [-0.4, -0.2) is 23.2 Å². The number of hydrogen-bond donors (Lipinski definition) is 2. The second-order valence-corrected chi connectivity index (χ2v) is 6.33. The van der Waals surface area contributed by atoms with Crippen LogP contribution in [-0.2, 0) is 11.4 Å². The summed E-state index contributed by atoms with van der Waals surface area (Å²) in [5, 5.41) is 9.62. The minimum Gasteiger partial charge on any atom is -0.493 e. The maximum absolute atomic E-state index is 13.1. The number of aromatic nitrogens is 2. The first-order chi connectivity index (χ1) is 13.1. The lowest BCUT2D eigenvalue weighted by Gasteiger charge is -2.23. The molecular weight excluding hydrogens is 349 g/mol. The van der Waals surface area contributed by atoms with E-state index in [2.05, 4.69) is 15.5 Å². The summed E-state index contributed by atoms with van der Waals surface area (Å²) in [6.45, 7) is 0.280. The Labute approximate surface area is 155 Å². The number of H-pyrrole nitrogens is 1. The first-order valence-electron chi connectivity index (χ1n) is 8.52. The molecule has 1 atom stereocenters. The highest BCUT2D eigenvalue weighted by atomic mass is 19.1. The number of halogens is 1. The molecule has 1 aromatic heterocycles. The monoisotopic (exact) mass is 367 g/mol.